The lowest BCUT2D eigenvalue weighted by Crippen LogP contribution is -2.51. The highest BCUT2D eigenvalue weighted by molar-refractivity contribution is 6.30. The average Bonchev–Trinajstić information content (AvgIpc) is 2.74. The van der Waals surface area contributed by atoms with Gasteiger partial charge in [0.1, 0.15) is 11.5 Å². The molecule has 0 radical (unpaired) electrons. The Morgan fingerprint density at radius 3 is 2.32 bits per heavy atom. The lowest BCUT2D eigenvalue weighted by atomic mass is 9.90. The van der Waals surface area contributed by atoms with Gasteiger partial charge in [-0.05, 0) is 65.2 Å². The third kappa shape index (κ3) is 4.46. The molecule has 1 aromatic rings. The summed E-state index contributed by atoms with van der Waals surface area (Å²) in [5.41, 5.74) is -0.472. The molecule has 5 nitrogen and oxygen atoms in total. The first-order valence-electron chi connectivity index (χ1n) is 8.43. The molecule has 0 bridgehead atoms. The molecule has 6 heteroatoms. The van der Waals surface area contributed by atoms with E-state index in [0.717, 1.165) is 0 Å². The zero-order chi connectivity index (χ0) is 19.0. The smallest absolute Gasteiger partial charge is 0.411 e. The number of likely N-dealkylation sites (tertiary alicyclic amines) is 1. The average molecular weight is 368 g/mol. The lowest BCUT2D eigenvalue weighted by molar-refractivity contribution is -0.140. The molecule has 1 saturated heterocycles. The highest BCUT2D eigenvalue weighted by Crippen LogP contribution is 2.41. The zero-order valence-electron chi connectivity index (χ0n) is 15.4. The Morgan fingerprint density at radius 1 is 1.28 bits per heavy atom. The molecule has 1 heterocycles. The van der Waals surface area contributed by atoms with Crippen molar-refractivity contribution in [3.8, 4) is 0 Å². The van der Waals surface area contributed by atoms with Crippen LogP contribution in [-0.4, -0.2) is 39.3 Å². The molecule has 1 unspecified atom stereocenters. The first-order chi connectivity index (χ1) is 11.4. The van der Waals surface area contributed by atoms with Gasteiger partial charge in [-0.2, -0.15) is 0 Å². The van der Waals surface area contributed by atoms with E-state index in [9.17, 15) is 14.7 Å². The van der Waals surface area contributed by atoms with Crippen molar-refractivity contribution in [3.63, 3.8) is 0 Å². The van der Waals surface area contributed by atoms with Gasteiger partial charge in [0.2, 0.25) is 0 Å². The maximum atomic E-state index is 12.8. The summed E-state index contributed by atoms with van der Waals surface area (Å²) in [6.45, 7) is 9.29. The number of ether oxygens (including phenoxy) is 1. The monoisotopic (exact) mass is 367 g/mol. The van der Waals surface area contributed by atoms with Gasteiger partial charge in [-0.25, -0.2) is 4.79 Å². The molecule has 1 N–H and O–H groups in total. The second-order valence-electron chi connectivity index (χ2n) is 8.14. The molecule has 25 heavy (non-hydrogen) atoms. The normalized spacial score (nSPS) is 21.0. The summed E-state index contributed by atoms with van der Waals surface area (Å²) < 4.78 is 5.55. The van der Waals surface area contributed by atoms with Crippen LogP contribution in [0.25, 0.3) is 0 Å². The molecule has 0 spiro atoms. The van der Waals surface area contributed by atoms with Gasteiger partial charge in [0.25, 0.3) is 0 Å². The van der Waals surface area contributed by atoms with Gasteiger partial charge in [0.15, 0.2) is 0 Å². The first kappa shape index (κ1) is 19.6. The molecule has 1 aromatic carbocycles. The summed E-state index contributed by atoms with van der Waals surface area (Å²) in [6, 6.07) is 6.29. The number of carboxylic acids is 1. The van der Waals surface area contributed by atoms with Crippen LogP contribution in [0.4, 0.5) is 4.79 Å². The van der Waals surface area contributed by atoms with Crippen molar-refractivity contribution in [2.75, 3.05) is 0 Å². The number of rotatable bonds is 3. The predicted octanol–water partition coefficient (Wildman–Crippen LogP) is 4.69. The number of amides is 1. The maximum absolute atomic E-state index is 12.8. The van der Waals surface area contributed by atoms with E-state index in [0.29, 0.717) is 23.4 Å². The number of nitrogens with zero attached hydrogens (tertiary/aromatic N) is 1. The Balaban J connectivity index is 2.40. The number of hydrogen-bond donors (Lipinski definition) is 1. The van der Waals surface area contributed by atoms with Gasteiger partial charge in [-0.3, -0.25) is 9.69 Å². The Labute approximate surface area is 153 Å². The van der Waals surface area contributed by atoms with Gasteiger partial charge in [-0.1, -0.05) is 23.7 Å². The second-order valence-corrected chi connectivity index (χ2v) is 8.57. The number of aliphatic carboxylic acids is 1. The van der Waals surface area contributed by atoms with Gasteiger partial charge >= 0.3 is 12.1 Å². The van der Waals surface area contributed by atoms with Crippen molar-refractivity contribution in [2.45, 2.75) is 70.6 Å². The Hall–Kier alpha value is -1.75. The summed E-state index contributed by atoms with van der Waals surface area (Å²) in [4.78, 5) is 26.4. The largest absolute Gasteiger partial charge is 0.481 e. The second kappa shape index (κ2) is 6.87. The van der Waals surface area contributed by atoms with Gasteiger partial charge in [0.05, 0.1) is 6.04 Å². The van der Waals surface area contributed by atoms with Crippen LogP contribution in [0.5, 0.6) is 0 Å². The van der Waals surface area contributed by atoms with Crippen molar-refractivity contribution < 1.29 is 19.4 Å². The van der Waals surface area contributed by atoms with Crippen LogP contribution in [0, 0.1) is 0 Å². The van der Waals surface area contributed by atoms with E-state index in [4.69, 9.17) is 16.3 Å². The molecule has 0 saturated carbocycles. The number of carboxylic acid groups (broad SMARTS) is 1. The topological polar surface area (TPSA) is 66.8 Å². The van der Waals surface area contributed by atoms with E-state index >= 15 is 0 Å². The quantitative estimate of drug-likeness (QED) is 0.841. The fraction of sp³-hybridized carbons (Fsp3) is 0.579. The third-order valence-corrected chi connectivity index (χ3v) is 4.76. The van der Waals surface area contributed by atoms with E-state index in [1.54, 1.807) is 49.9 Å². The van der Waals surface area contributed by atoms with Crippen LogP contribution in [-0.2, 0) is 9.53 Å². The van der Waals surface area contributed by atoms with Crippen molar-refractivity contribution >= 4 is 23.7 Å². The first-order valence-corrected chi connectivity index (χ1v) is 8.81. The van der Waals surface area contributed by atoms with Crippen LogP contribution >= 0.6 is 11.6 Å². The minimum absolute atomic E-state index is 0.465. The van der Waals surface area contributed by atoms with Gasteiger partial charge < -0.3 is 9.84 Å². The Bertz CT molecular complexity index is 648. The van der Waals surface area contributed by atoms with E-state index in [1.807, 2.05) is 13.8 Å². The molecule has 2 atom stereocenters. The van der Waals surface area contributed by atoms with Crippen LogP contribution < -0.4 is 0 Å². The van der Waals surface area contributed by atoms with Crippen LogP contribution in [0.2, 0.25) is 5.02 Å². The van der Waals surface area contributed by atoms with Crippen molar-refractivity contribution in [1.82, 2.24) is 4.90 Å². The third-order valence-electron chi connectivity index (χ3n) is 4.51. The predicted molar refractivity (Wildman–Crippen MR) is 97.0 cm³/mol. The Kier molecular flexibility index (Phi) is 5.38. The lowest BCUT2D eigenvalue weighted by Gasteiger charge is -2.39. The summed E-state index contributed by atoms with van der Waals surface area (Å²) >= 11 is 5.92. The minimum atomic E-state index is -0.960. The molecule has 138 valence electrons. The van der Waals surface area contributed by atoms with E-state index in [2.05, 4.69) is 0 Å². The Morgan fingerprint density at radius 2 is 1.84 bits per heavy atom. The van der Waals surface area contributed by atoms with Crippen LogP contribution in [0.1, 0.15) is 58.9 Å². The van der Waals surface area contributed by atoms with E-state index in [1.165, 1.54) is 0 Å². The summed E-state index contributed by atoms with van der Waals surface area (Å²) in [5.74, 6) is -1.79. The van der Waals surface area contributed by atoms with Gasteiger partial charge in [0, 0.05) is 10.6 Å². The molecule has 2 rings (SSSR count). The van der Waals surface area contributed by atoms with Crippen molar-refractivity contribution in [2.24, 2.45) is 0 Å². The van der Waals surface area contributed by atoms with Crippen molar-refractivity contribution in [3.05, 3.63) is 34.9 Å². The SMILES string of the molecule is CC(C)(C)OC(=O)N1[C@H](C(C(=O)O)c2ccc(Cl)cc2)CCC1(C)C. The van der Waals surface area contributed by atoms with Crippen LogP contribution in [0.15, 0.2) is 24.3 Å². The fourth-order valence-corrected chi connectivity index (χ4v) is 3.53. The highest BCUT2D eigenvalue weighted by Gasteiger charge is 2.49. The molecule has 1 aliphatic rings. The van der Waals surface area contributed by atoms with Crippen molar-refractivity contribution in [1.29, 1.82) is 0 Å². The molecule has 1 amide bonds. The van der Waals surface area contributed by atoms with E-state index in [-0.39, 0.29) is 0 Å². The standard InChI is InChI=1S/C19H26ClNO4/c1-18(2,3)25-17(24)21-14(10-11-19(21,4)5)15(16(22)23)12-6-8-13(20)9-7-12/h6-9,14-15H,10-11H2,1-5H3,(H,22,23)/t14-,15?/m0/s1. The zero-order valence-corrected chi connectivity index (χ0v) is 16.1. The minimum Gasteiger partial charge on any atom is -0.481 e. The molecule has 0 aromatic heterocycles. The maximum Gasteiger partial charge on any atom is 0.411 e. The number of hydrogen-bond acceptors (Lipinski definition) is 3. The number of benzene rings is 1. The van der Waals surface area contributed by atoms with Crippen LogP contribution in [0.3, 0.4) is 0 Å². The molecular weight excluding hydrogens is 342 g/mol. The molecule has 0 aliphatic carbocycles. The molecular formula is C19H26ClNO4. The molecule has 1 aliphatic heterocycles. The number of carbonyl (C=O) groups excluding carboxylic acids is 1. The summed E-state index contributed by atoms with van der Waals surface area (Å²) in [6.07, 6.45) is 0.848. The number of carbonyl (C=O) groups is 2. The molecule has 1 fully saturated rings. The summed E-state index contributed by atoms with van der Waals surface area (Å²) in [7, 11) is 0. The number of halogens is 1. The highest BCUT2D eigenvalue weighted by atomic mass is 35.5. The summed E-state index contributed by atoms with van der Waals surface area (Å²) in [5, 5.41) is 10.4. The van der Waals surface area contributed by atoms with E-state index < -0.39 is 35.2 Å². The fourth-order valence-electron chi connectivity index (χ4n) is 3.41. The van der Waals surface area contributed by atoms with Gasteiger partial charge in [-0.15, -0.1) is 0 Å².